The molecule has 3 nitrogen and oxygen atoms in total. The van der Waals surface area contributed by atoms with Crippen LogP contribution in [0.2, 0.25) is 5.02 Å². The molecule has 0 aliphatic carbocycles. The Morgan fingerprint density at radius 2 is 2.05 bits per heavy atom. The molecule has 0 saturated carbocycles. The minimum atomic E-state index is -0.859. The van der Waals surface area contributed by atoms with Crippen LogP contribution in [0.25, 0.3) is 11.1 Å². The number of hydrogen-bond acceptors (Lipinski definition) is 2. The number of ether oxygens (including phenoxy) is 1. The molecule has 2 rings (SSSR count). The summed E-state index contributed by atoms with van der Waals surface area (Å²) in [4.78, 5) is 10.8. The van der Waals surface area contributed by atoms with Gasteiger partial charge in [0.2, 0.25) is 0 Å². The average molecular weight is 277 g/mol. The van der Waals surface area contributed by atoms with Crippen molar-refractivity contribution in [1.82, 2.24) is 0 Å². The SMILES string of the molecule is COc1ccc(CC(=O)O)cc1-c1cccc(Cl)c1. The summed E-state index contributed by atoms with van der Waals surface area (Å²) in [6, 6.07) is 12.7. The number of carboxylic acids is 1. The van der Waals surface area contributed by atoms with Gasteiger partial charge in [-0.15, -0.1) is 0 Å². The maximum atomic E-state index is 10.8. The van der Waals surface area contributed by atoms with Crippen LogP contribution in [0.4, 0.5) is 0 Å². The van der Waals surface area contributed by atoms with Crippen molar-refractivity contribution in [3.63, 3.8) is 0 Å². The predicted octanol–water partition coefficient (Wildman–Crippen LogP) is 3.64. The smallest absolute Gasteiger partial charge is 0.307 e. The zero-order valence-corrected chi connectivity index (χ0v) is 11.1. The second-order valence-corrected chi connectivity index (χ2v) is 4.55. The van der Waals surface area contributed by atoms with Crippen molar-refractivity contribution in [1.29, 1.82) is 0 Å². The second kappa shape index (κ2) is 5.76. The number of carboxylic acid groups (broad SMARTS) is 1. The number of benzene rings is 2. The number of hydrogen-bond donors (Lipinski definition) is 1. The Hall–Kier alpha value is -2.00. The lowest BCUT2D eigenvalue weighted by Gasteiger charge is -2.10. The molecule has 1 N–H and O–H groups in total. The number of rotatable bonds is 4. The van der Waals surface area contributed by atoms with Crippen molar-refractivity contribution in [2.45, 2.75) is 6.42 Å². The molecular weight excluding hydrogens is 264 g/mol. The first-order valence-electron chi connectivity index (χ1n) is 5.75. The number of halogens is 1. The molecule has 0 aliphatic heterocycles. The molecule has 0 radical (unpaired) electrons. The van der Waals surface area contributed by atoms with E-state index in [1.165, 1.54) is 0 Å². The highest BCUT2D eigenvalue weighted by atomic mass is 35.5. The molecule has 0 spiro atoms. The van der Waals surface area contributed by atoms with E-state index in [0.29, 0.717) is 10.8 Å². The molecule has 2 aromatic carbocycles. The average Bonchev–Trinajstić information content (AvgIpc) is 2.38. The first kappa shape index (κ1) is 13.4. The molecule has 0 aromatic heterocycles. The normalized spacial score (nSPS) is 10.2. The molecule has 0 fully saturated rings. The molecule has 0 aliphatic rings. The van der Waals surface area contributed by atoms with Crippen molar-refractivity contribution >= 4 is 17.6 Å². The molecule has 2 aromatic rings. The summed E-state index contributed by atoms with van der Waals surface area (Å²) >= 11 is 5.98. The van der Waals surface area contributed by atoms with Crippen LogP contribution in [-0.2, 0) is 11.2 Å². The van der Waals surface area contributed by atoms with Crippen LogP contribution in [-0.4, -0.2) is 18.2 Å². The van der Waals surface area contributed by atoms with E-state index in [2.05, 4.69) is 0 Å². The maximum absolute atomic E-state index is 10.8. The van der Waals surface area contributed by atoms with Crippen LogP contribution < -0.4 is 4.74 Å². The van der Waals surface area contributed by atoms with E-state index in [0.717, 1.165) is 16.7 Å². The van der Waals surface area contributed by atoms with E-state index < -0.39 is 5.97 Å². The Kier molecular flexibility index (Phi) is 4.07. The highest BCUT2D eigenvalue weighted by molar-refractivity contribution is 6.30. The molecular formula is C15H13ClO3. The second-order valence-electron chi connectivity index (χ2n) is 4.12. The van der Waals surface area contributed by atoms with E-state index in [-0.39, 0.29) is 6.42 Å². The summed E-state index contributed by atoms with van der Waals surface area (Å²) in [5, 5.41) is 9.47. The lowest BCUT2D eigenvalue weighted by Crippen LogP contribution is -2.00. The monoisotopic (exact) mass is 276 g/mol. The fraction of sp³-hybridized carbons (Fsp3) is 0.133. The van der Waals surface area contributed by atoms with Gasteiger partial charge < -0.3 is 9.84 Å². The predicted molar refractivity (Wildman–Crippen MR) is 74.8 cm³/mol. The van der Waals surface area contributed by atoms with Crippen molar-refractivity contribution in [3.8, 4) is 16.9 Å². The Morgan fingerprint density at radius 1 is 1.26 bits per heavy atom. The van der Waals surface area contributed by atoms with Gasteiger partial charge in [-0.1, -0.05) is 29.8 Å². The van der Waals surface area contributed by atoms with Gasteiger partial charge in [-0.25, -0.2) is 0 Å². The summed E-state index contributed by atoms with van der Waals surface area (Å²) in [6.07, 6.45) is -0.0163. The molecule has 0 unspecified atom stereocenters. The summed E-state index contributed by atoms with van der Waals surface area (Å²) in [5.41, 5.74) is 2.46. The lowest BCUT2D eigenvalue weighted by atomic mass is 10.0. The van der Waals surface area contributed by atoms with Gasteiger partial charge in [-0.05, 0) is 35.4 Å². The van der Waals surface area contributed by atoms with Gasteiger partial charge in [0.15, 0.2) is 0 Å². The summed E-state index contributed by atoms with van der Waals surface area (Å²) in [5.74, 6) is -0.168. The zero-order valence-electron chi connectivity index (χ0n) is 10.4. The summed E-state index contributed by atoms with van der Waals surface area (Å²) in [7, 11) is 1.58. The molecule has 4 heteroatoms. The van der Waals surface area contributed by atoms with Gasteiger partial charge in [0.25, 0.3) is 0 Å². The van der Waals surface area contributed by atoms with Gasteiger partial charge in [0, 0.05) is 10.6 Å². The first-order chi connectivity index (χ1) is 9.10. The molecule has 19 heavy (non-hydrogen) atoms. The van der Waals surface area contributed by atoms with E-state index in [9.17, 15) is 4.79 Å². The van der Waals surface area contributed by atoms with E-state index in [4.69, 9.17) is 21.4 Å². The summed E-state index contributed by atoms with van der Waals surface area (Å²) < 4.78 is 5.31. The van der Waals surface area contributed by atoms with Crippen LogP contribution in [0.3, 0.4) is 0 Å². The highest BCUT2D eigenvalue weighted by Gasteiger charge is 2.09. The highest BCUT2D eigenvalue weighted by Crippen LogP contribution is 2.32. The molecule has 0 amide bonds. The Morgan fingerprint density at radius 3 is 2.68 bits per heavy atom. The third-order valence-corrected chi connectivity index (χ3v) is 2.99. The number of methoxy groups -OCH3 is 1. The van der Waals surface area contributed by atoms with Crippen LogP contribution in [0.1, 0.15) is 5.56 Å². The van der Waals surface area contributed by atoms with Gasteiger partial charge in [0.05, 0.1) is 13.5 Å². The Balaban J connectivity index is 2.49. The van der Waals surface area contributed by atoms with Gasteiger partial charge in [0.1, 0.15) is 5.75 Å². The fourth-order valence-electron chi connectivity index (χ4n) is 1.92. The topological polar surface area (TPSA) is 46.5 Å². The van der Waals surface area contributed by atoms with Crippen molar-refractivity contribution < 1.29 is 14.6 Å². The number of aliphatic carboxylic acids is 1. The zero-order chi connectivity index (χ0) is 13.8. The Labute approximate surface area is 116 Å². The minimum absolute atomic E-state index is 0.0163. The third kappa shape index (κ3) is 3.26. The molecule has 98 valence electrons. The molecule has 0 heterocycles. The van der Waals surface area contributed by atoms with E-state index >= 15 is 0 Å². The standard InChI is InChI=1S/C15H13ClO3/c1-19-14-6-5-10(8-15(17)18)7-13(14)11-3-2-4-12(16)9-11/h2-7,9H,8H2,1H3,(H,17,18). The number of carbonyl (C=O) groups is 1. The van der Waals surface area contributed by atoms with Crippen LogP contribution in [0, 0.1) is 0 Å². The van der Waals surface area contributed by atoms with Crippen molar-refractivity contribution in [3.05, 3.63) is 53.1 Å². The minimum Gasteiger partial charge on any atom is -0.496 e. The summed E-state index contributed by atoms with van der Waals surface area (Å²) in [6.45, 7) is 0. The largest absolute Gasteiger partial charge is 0.496 e. The van der Waals surface area contributed by atoms with E-state index in [1.807, 2.05) is 24.3 Å². The van der Waals surface area contributed by atoms with Crippen LogP contribution in [0.15, 0.2) is 42.5 Å². The quantitative estimate of drug-likeness (QED) is 0.927. The Bertz CT molecular complexity index is 608. The molecule has 0 atom stereocenters. The maximum Gasteiger partial charge on any atom is 0.307 e. The van der Waals surface area contributed by atoms with Crippen LogP contribution >= 0.6 is 11.6 Å². The van der Waals surface area contributed by atoms with E-state index in [1.54, 1.807) is 25.3 Å². The van der Waals surface area contributed by atoms with Gasteiger partial charge in [-0.3, -0.25) is 4.79 Å². The lowest BCUT2D eigenvalue weighted by molar-refractivity contribution is -0.136. The first-order valence-corrected chi connectivity index (χ1v) is 6.12. The van der Waals surface area contributed by atoms with Gasteiger partial charge >= 0.3 is 5.97 Å². The molecule has 0 saturated heterocycles. The van der Waals surface area contributed by atoms with Crippen molar-refractivity contribution in [2.24, 2.45) is 0 Å². The van der Waals surface area contributed by atoms with Gasteiger partial charge in [-0.2, -0.15) is 0 Å². The van der Waals surface area contributed by atoms with Crippen LogP contribution in [0.5, 0.6) is 5.75 Å². The fourth-order valence-corrected chi connectivity index (χ4v) is 2.11. The third-order valence-electron chi connectivity index (χ3n) is 2.75. The molecule has 0 bridgehead atoms. The van der Waals surface area contributed by atoms with Crippen molar-refractivity contribution in [2.75, 3.05) is 7.11 Å².